The van der Waals surface area contributed by atoms with Crippen molar-refractivity contribution < 1.29 is 14.2 Å². The third-order valence-electron chi connectivity index (χ3n) is 5.31. The lowest BCUT2D eigenvalue weighted by atomic mass is 9.63. The second-order valence-corrected chi connectivity index (χ2v) is 6.55. The van der Waals surface area contributed by atoms with E-state index in [1.807, 2.05) is 12.3 Å². The van der Waals surface area contributed by atoms with Crippen LogP contribution in [0.5, 0.6) is 0 Å². The van der Waals surface area contributed by atoms with Crippen LogP contribution in [0.2, 0.25) is 0 Å². The largest absolute Gasteiger partial charge is 0.473 e. The highest BCUT2D eigenvalue weighted by Crippen LogP contribution is 2.58. The minimum atomic E-state index is -0.148. The summed E-state index contributed by atoms with van der Waals surface area (Å²) in [6, 6.07) is 10.4. The van der Waals surface area contributed by atoms with E-state index in [0.29, 0.717) is 6.61 Å². The first-order valence-electron chi connectivity index (χ1n) is 7.95. The number of rotatable bonds is 4. The fourth-order valence-corrected chi connectivity index (χ4v) is 4.19. The molecule has 3 atom stereocenters. The molecule has 2 aliphatic heterocycles. The molecular formula is C18H22O3. The summed E-state index contributed by atoms with van der Waals surface area (Å²) in [4.78, 5) is 0. The van der Waals surface area contributed by atoms with Crippen molar-refractivity contribution >= 4 is 0 Å². The maximum absolute atomic E-state index is 6.21. The smallest absolute Gasteiger partial charge is 0.200 e. The average molecular weight is 286 g/mol. The molecule has 0 aromatic heterocycles. The molecule has 1 saturated heterocycles. The minimum absolute atomic E-state index is 0.0755. The topological polar surface area (TPSA) is 27.7 Å². The van der Waals surface area contributed by atoms with Gasteiger partial charge in [0.25, 0.3) is 0 Å². The molecule has 21 heavy (non-hydrogen) atoms. The lowest BCUT2D eigenvalue weighted by Gasteiger charge is -2.46. The summed E-state index contributed by atoms with van der Waals surface area (Å²) in [6.45, 7) is 1.43. The molecule has 3 nitrogen and oxygen atoms in total. The van der Waals surface area contributed by atoms with E-state index in [-0.39, 0.29) is 17.3 Å². The van der Waals surface area contributed by atoms with E-state index in [9.17, 15) is 0 Å². The molecule has 1 aromatic carbocycles. The van der Waals surface area contributed by atoms with Crippen molar-refractivity contribution in [2.45, 2.75) is 50.6 Å². The van der Waals surface area contributed by atoms with Gasteiger partial charge in [-0.05, 0) is 24.5 Å². The zero-order valence-corrected chi connectivity index (χ0v) is 12.3. The van der Waals surface area contributed by atoms with Gasteiger partial charge in [-0.1, -0.05) is 43.2 Å². The van der Waals surface area contributed by atoms with Gasteiger partial charge >= 0.3 is 0 Å². The predicted octanol–water partition coefficient (Wildman–Crippen LogP) is 3.79. The Hall–Kier alpha value is -1.32. The lowest BCUT2D eigenvalue weighted by molar-refractivity contribution is -0.169. The molecule has 1 spiro atoms. The van der Waals surface area contributed by atoms with Crippen LogP contribution < -0.4 is 0 Å². The molecule has 0 N–H and O–H groups in total. The molecule has 3 heteroatoms. The van der Waals surface area contributed by atoms with Crippen LogP contribution in [0, 0.1) is 5.41 Å². The van der Waals surface area contributed by atoms with Crippen LogP contribution in [-0.4, -0.2) is 18.5 Å². The van der Waals surface area contributed by atoms with Crippen molar-refractivity contribution in [1.82, 2.24) is 0 Å². The van der Waals surface area contributed by atoms with Gasteiger partial charge in [0, 0.05) is 11.8 Å². The van der Waals surface area contributed by atoms with Crippen molar-refractivity contribution in [1.29, 1.82) is 0 Å². The van der Waals surface area contributed by atoms with Crippen LogP contribution in [0.25, 0.3) is 0 Å². The molecular weight excluding hydrogens is 264 g/mol. The highest BCUT2D eigenvalue weighted by molar-refractivity contribution is 5.19. The number of benzene rings is 1. The molecule has 2 heterocycles. The van der Waals surface area contributed by atoms with Crippen molar-refractivity contribution in [2.24, 2.45) is 5.41 Å². The van der Waals surface area contributed by atoms with E-state index >= 15 is 0 Å². The molecule has 4 rings (SSSR count). The Morgan fingerprint density at radius 1 is 1.14 bits per heavy atom. The zero-order chi connectivity index (χ0) is 14.2. The van der Waals surface area contributed by atoms with Gasteiger partial charge in [0.2, 0.25) is 6.29 Å². The third kappa shape index (κ3) is 2.19. The molecule has 3 aliphatic rings. The monoisotopic (exact) mass is 286 g/mol. The molecule has 0 radical (unpaired) electrons. The number of hydrogen-bond donors (Lipinski definition) is 0. The molecule has 0 unspecified atom stereocenters. The Labute approximate surface area is 125 Å². The minimum Gasteiger partial charge on any atom is -0.473 e. The first kappa shape index (κ1) is 13.4. The summed E-state index contributed by atoms with van der Waals surface area (Å²) in [6.07, 6.45) is 9.63. The summed E-state index contributed by atoms with van der Waals surface area (Å²) in [5, 5.41) is 0. The van der Waals surface area contributed by atoms with Crippen molar-refractivity contribution in [3.8, 4) is 0 Å². The Morgan fingerprint density at radius 2 is 2.00 bits per heavy atom. The summed E-state index contributed by atoms with van der Waals surface area (Å²) in [5.74, 6) is 0. The van der Waals surface area contributed by atoms with Crippen LogP contribution >= 0.6 is 0 Å². The van der Waals surface area contributed by atoms with Gasteiger partial charge in [0.05, 0.1) is 19.5 Å². The highest BCUT2D eigenvalue weighted by Gasteiger charge is 2.61. The van der Waals surface area contributed by atoms with Crippen molar-refractivity contribution in [3.05, 3.63) is 48.2 Å². The van der Waals surface area contributed by atoms with E-state index in [1.54, 1.807) is 0 Å². The van der Waals surface area contributed by atoms with Gasteiger partial charge in [-0.25, -0.2) is 0 Å². The van der Waals surface area contributed by atoms with Gasteiger partial charge < -0.3 is 14.2 Å². The fraction of sp³-hybridized carbons (Fsp3) is 0.556. The van der Waals surface area contributed by atoms with Crippen LogP contribution in [0.1, 0.15) is 37.7 Å². The van der Waals surface area contributed by atoms with Gasteiger partial charge in [-0.15, -0.1) is 0 Å². The van der Waals surface area contributed by atoms with Crippen LogP contribution in [-0.2, 0) is 20.8 Å². The predicted molar refractivity (Wildman–Crippen MR) is 79.4 cm³/mol. The quantitative estimate of drug-likeness (QED) is 0.842. The molecule has 1 aliphatic carbocycles. The van der Waals surface area contributed by atoms with Gasteiger partial charge in [0.1, 0.15) is 5.60 Å². The average Bonchev–Trinajstić information content (AvgIpc) is 2.74. The zero-order valence-electron chi connectivity index (χ0n) is 12.3. The van der Waals surface area contributed by atoms with E-state index in [0.717, 1.165) is 19.4 Å². The number of fused-ring (bicyclic) bond motifs is 1. The standard InChI is InChI=1S/C18H22O3/c1-2-6-15(7-3-1)13-19-14-17-8-4-5-9-18(17)10-11-20-16(12-17)21-18/h1-3,6-7,10-11,16H,4-5,8-9,12-14H2/t16-,17+,18-/m1/s1. The second kappa shape index (κ2) is 5.15. The number of hydrogen-bond acceptors (Lipinski definition) is 3. The molecule has 112 valence electrons. The van der Waals surface area contributed by atoms with Crippen LogP contribution in [0.15, 0.2) is 42.7 Å². The van der Waals surface area contributed by atoms with E-state index < -0.39 is 0 Å². The second-order valence-electron chi connectivity index (χ2n) is 6.55. The maximum atomic E-state index is 6.21. The first-order valence-corrected chi connectivity index (χ1v) is 7.95. The number of ether oxygens (including phenoxy) is 3. The highest BCUT2D eigenvalue weighted by atomic mass is 16.7. The normalized spacial score (nSPS) is 37.0. The van der Waals surface area contributed by atoms with E-state index in [1.165, 1.54) is 24.8 Å². The van der Waals surface area contributed by atoms with E-state index in [2.05, 4.69) is 30.3 Å². The summed E-state index contributed by atoms with van der Waals surface area (Å²) < 4.78 is 17.9. The SMILES string of the molecule is C1=C[C@]23CCCC[C@@]2(COCc2ccccc2)C[C@H](O1)O3. The molecule has 1 saturated carbocycles. The van der Waals surface area contributed by atoms with Gasteiger partial charge in [-0.2, -0.15) is 0 Å². The Bertz CT molecular complexity index is 527. The van der Waals surface area contributed by atoms with Gasteiger partial charge in [0.15, 0.2) is 0 Å². The van der Waals surface area contributed by atoms with Crippen LogP contribution in [0.3, 0.4) is 0 Å². The van der Waals surface area contributed by atoms with Crippen molar-refractivity contribution in [3.63, 3.8) is 0 Å². The molecule has 0 amide bonds. The molecule has 2 bridgehead atoms. The summed E-state index contributed by atoms with van der Waals surface area (Å²) in [7, 11) is 0. The maximum Gasteiger partial charge on any atom is 0.200 e. The Kier molecular flexibility index (Phi) is 3.27. The Morgan fingerprint density at radius 3 is 2.90 bits per heavy atom. The Balaban J connectivity index is 1.48. The van der Waals surface area contributed by atoms with E-state index in [4.69, 9.17) is 14.2 Å². The molecule has 1 aromatic rings. The van der Waals surface area contributed by atoms with Gasteiger partial charge in [-0.3, -0.25) is 0 Å². The third-order valence-corrected chi connectivity index (χ3v) is 5.31. The first-order chi connectivity index (χ1) is 10.3. The fourth-order valence-electron chi connectivity index (χ4n) is 4.19. The summed E-state index contributed by atoms with van der Waals surface area (Å²) in [5.41, 5.74) is 1.18. The van der Waals surface area contributed by atoms with Crippen molar-refractivity contribution in [2.75, 3.05) is 6.61 Å². The van der Waals surface area contributed by atoms with Crippen LogP contribution in [0.4, 0.5) is 0 Å². The lowest BCUT2D eigenvalue weighted by Crippen LogP contribution is -2.49. The summed E-state index contributed by atoms with van der Waals surface area (Å²) >= 11 is 0. The molecule has 2 fully saturated rings.